The van der Waals surface area contributed by atoms with Crippen LogP contribution in [0, 0.1) is 5.92 Å². The number of allylic oxidation sites excluding steroid dienone is 1. The summed E-state index contributed by atoms with van der Waals surface area (Å²) in [5.41, 5.74) is 0.912. The van der Waals surface area contributed by atoms with Crippen LogP contribution >= 0.6 is 0 Å². The smallest absolute Gasteiger partial charge is 0.178 e. The third-order valence-corrected chi connectivity index (χ3v) is 5.33. The molecule has 2 atom stereocenters. The minimum atomic E-state index is -0.220. The van der Waals surface area contributed by atoms with Gasteiger partial charge in [0.1, 0.15) is 0 Å². The Morgan fingerprint density at radius 2 is 1.95 bits per heavy atom. The maximum atomic E-state index is 13.2. The quantitative estimate of drug-likeness (QED) is 0.764. The maximum absolute atomic E-state index is 13.2. The minimum absolute atomic E-state index is 0.220. The molecule has 2 rings (SSSR count). The monoisotopic (exact) mass is 277 g/mol. The predicted molar refractivity (Wildman–Crippen MR) is 84.8 cm³/mol. The molecule has 2 aliphatic rings. The van der Waals surface area contributed by atoms with E-state index in [1.165, 1.54) is 38.5 Å². The first-order chi connectivity index (χ1) is 9.56. The Morgan fingerprint density at radius 3 is 2.65 bits per heavy atom. The number of hydrogen-bond acceptors (Lipinski definition) is 2. The van der Waals surface area contributed by atoms with Crippen LogP contribution in [-0.4, -0.2) is 30.3 Å². The zero-order chi connectivity index (χ0) is 14.6. The largest absolute Gasteiger partial charge is 0.297 e. The van der Waals surface area contributed by atoms with Crippen LogP contribution in [0.5, 0.6) is 0 Å². The van der Waals surface area contributed by atoms with Gasteiger partial charge >= 0.3 is 0 Å². The number of nitrogens with zero attached hydrogens (tertiary/aromatic N) is 1. The molecule has 0 amide bonds. The number of hydrogen-bond donors (Lipinski definition) is 0. The summed E-state index contributed by atoms with van der Waals surface area (Å²) in [4.78, 5) is 15.4. The maximum Gasteiger partial charge on any atom is 0.178 e. The van der Waals surface area contributed by atoms with Crippen molar-refractivity contribution in [2.24, 2.45) is 5.92 Å². The molecule has 0 saturated heterocycles. The molecule has 0 aliphatic heterocycles. The topological polar surface area (TPSA) is 20.3 Å². The van der Waals surface area contributed by atoms with E-state index in [4.69, 9.17) is 0 Å². The van der Waals surface area contributed by atoms with E-state index in [0.29, 0.717) is 11.7 Å². The minimum Gasteiger partial charge on any atom is -0.297 e. The average molecular weight is 277 g/mol. The summed E-state index contributed by atoms with van der Waals surface area (Å²) in [5.74, 6) is 1.11. The second-order valence-corrected chi connectivity index (χ2v) is 7.14. The highest BCUT2D eigenvalue weighted by Crippen LogP contribution is 2.39. The molecule has 0 radical (unpaired) electrons. The van der Waals surface area contributed by atoms with Crippen molar-refractivity contribution in [2.45, 2.75) is 76.7 Å². The molecule has 0 aromatic rings. The van der Waals surface area contributed by atoms with Gasteiger partial charge in [0.25, 0.3) is 0 Å². The van der Waals surface area contributed by atoms with Gasteiger partial charge in [-0.1, -0.05) is 38.7 Å². The van der Waals surface area contributed by atoms with Crippen molar-refractivity contribution in [3.05, 3.63) is 11.6 Å². The lowest BCUT2D eigenvalue weighted by Crippen LogP contribution is -2.54. The summed E-state index contributed by atoms with van der Waals surface area (Å²) >= 11 is 0. The first-order valence-electron chi connectivity index (χ1n) is 8.47. The SMILES string of the molecule is CC1CCCC(C(=O)C2=CCCCCCC2)(N(C)C)C1. The molecule has 2 aliphatic carbocycles. The number of rotatable bonds is 3. The van der Waals surface area contributed by atoms with Gasteiger partial charge in [0.15, 0.2) is 5.78 Å². The van der Waals surface area contributed by atoms with Gasteiger partial charge in [-0.05, 0) is 64.1 Å². The molecular formula is C18H31NO. The number of ketones is 1. The number of Topliss-reactive ketones (excluding diaryl/α,β-unsaturated/α-hetero) is 1. The number of carbonyl (C=O) groups excluding carboxylic acids is 1. The average Bonchev–Trinajstić information content (AvgIpc) is 2.37. The molecule has 1 saturated carbocycles. The van der Waals surface area contributed by atoms with E-state index in [9.17, 15) is 4.79 Å². The van der Waals surface area contributed by atoms with Crippen molar-refractivity contribution in [1.82, 2.24) is 4.90 Å². The summed E-state index contributed by atoms with van der Waals surface area (Å²) in [6.07, 6.45) is 14.0. The van der Waals surface area contributed by atoms with Crippen LogP contribution in [0.25, 0.3) is 0 Å². The summed E-state index contributed by atoms with van der Waals surface area (Å²) in [7, 11) is 4.19. The van der Waals surface area contributed by atoms with Gasteiger partial charge in [-0.25, -0.2) is 0 Å². The van der Waals surface area contributed by atoms with Gasteiger partial charge in [0, 0.05) is 0 Å². The molecule has 0 aromatic heterocycles. The van der Waals surface area contributed by atoms with E-state index >= 15 is 0 Å². The van der Waals surface area contributed by atoms with E-state index < -0.39 is 0 Å². The van der Waals surface area contributed by atoms with Crippen molar-refractivity contribution >= 4 is 5.78 Å². The predicted octanol–water partition coefficient (Wildman–Crippen LogP) is 4.35. The Morgan fingerprint density at radius 1 is 1.20 bits per heavy atom. The Labute approximate surface area is 124 Å². The van der Waals surface area contributed by atoms with E-state index in [-0.39, 0.29) is 5.54 Å². The zero-order valence-electron chi connectivity index (χ0n) is 13.6. The highest BCUT2D eigenvalue weighted by Gasteiger charge is 2.44. The van der Waals surface area contributed by atoms with Crippen LogP contribution in [0.1, 0.15) is 71.1 Å². The van der Waals surface area contributed by atoms with Crippen molar-refractivity contribution in [3.63, 3.8) is 0 Å². The Balaban J connectivity index is 2.21. The molecule has 0 heterocycles. The second kappa shape index (κ2) is 6.89. The van der Waals surface area contributed by atoms with Crippen LogP contribution in [0.3, 0.4) is 0 Å². The lowest BCUT2D eigenvalue weighted by Gasteiger charge is -2.44. The summed E-state index contributed by atoms with van der Waals surface area (Å²) in [6, 6.07) is 0. The van der Waals surface area contributed by atoms with E-state index in [1.54, 1.807) is 0 Å². The summed E-state index contributed by atoms with van der Waals surface area (Å²) in [6.45, 7) is 2.30. The Bertz CT molecular complexity index is 372. The Hall–Kier alpha value is -0.630. The van der Waals surface area contributed by atoms with Gasteiger partial charge < -0.3 is 0 Å². The Kier molecular flexibility index (Phi) is 5.42. The number of likely N-dealkylation sites (N-methyl/N-ethyl adjacent to an activating group) is 1. The molecule has 1 fully saturated rings. The first kappa shape index (κ1) is 15.8. The van der Waals surface area contributed by atoms with E-state index in [0.717, 1.165) is 31.3 Å². The van der Waals surface area contributed by atoms with Gasteiger partial charge in [0.2, 0.25) is 0 Å². The van der Waals surface area contributed by atoms with Crippen LogP contribution in [0.4, 0.5) is 0 Å². The molecule has 2 heteroatoms. The molecule has 20 heavy (non-hydrogen) atoms. The van der Waals surface area contributed by atoms with Crippen molar-refractivity contribution in [2.75, 3.05) is 14.1 Å². The molecule has 0 aromatic carbocycles. The number of carbonyl (C=O) groups is 1. The highest BCUT2D eigenvalue weighted by molar-refractivity contribution is 6.02. The van der Waals surface area contributed by atoms with Crippen LogP contribution in [0.2, 0.25) is 0 Å². The fraction of sp³-hybridized carbons (Fsp3) is 0.833. The van der Waals surface area contributed by atoms with E-state index in [1.807, 2.05) is 0 Å². The summed E-state index contributed by atoms with van der Waals surface area (Å²) < 4.78 is 0. The van der Waals surface area contributed by atoms with Crippen molar-refractivity contribution < 1.29 is 4.79 Å². The second-order valence-electron chi connectivity index (χ2n) is 7.14. The van der Waals surface area contributed by atoms with Crippen molar-refractivity contribution in [1.29, 1.82) is 0 Å². The third-order valence-electron chi connectivity index (χ3n) is 5.33. The van der Waals surface area contributed by atoms with Gasteiger partial charge in [-0.3, -0.25) is 9.69 Å². The van der Waals surface area contributed by atoms with Crippen LogP contribution < -0.4 is 0 Å². The third kappa shape index (κ3) is 3.33. The van der Waals surface area contributed by atoms with Gasteiger partial charge in [0.05, 0.1) is 5.54 Å². The molecule has 114 valence electrons. The fourth-order valence-corrected chi connectivity index (χ4v) is 4.04. The van der Waals surface area contributed by atoms with Gasteiger partial charge in [-0.15, -0.1) is 0 Å². The highest BCUT2D eigenvalue weighted by atomic mass is 16.1. The van der Waals surface area contributed by atoms with Crippen molar-refractivity contribution in [3.8, 4) is 0 Å². The zero-order valence-corrected chi connectivity index (χ0v) is 13.6. The summed E-state index contributed by atoms with van der Waals surface area (Å²) in [5, 5.41) is 0. The van der Waals surface area contributed by atoms with E-state index in [2.05, 4.69) is 32.0 Å². The molecule has 0 bridgehead atoms. The molecule has 0 spiro atoms. The van der Waals surface area contributed by atoms with Gasteiger partial charge in [-0.2, -0.15) is 0 Å². The standard InChI is InChI=1S/C18H31NO/c1-15-10-9-13-18(14-15,19(2)3)17(20)16-11-7-5-4-6-8-12-16/h11,15H,4-10,12-14H2,1-3H3. The fourth-order valence-electron chi connectivity index (χ4n) is 4.04. The molecule has 2 nitrogen and oxygen atoms in total. The van der Waals surface area contributed by atoms with Crippen LogP contribution in [-0.2, 0) is 4.79 Å². The normalized spacial score (nSPS) is 32.4. The van der Waals surface area contributed by atoms with Crippen LogP contribution in [0.15, 0.2) is 11.6 Å². The first-order valence-corrected chi connectivity index (χ1v) is 8.47. The molecular weight excluding hydrogens is 246 g/mol. The lowest BCUT2D eigenvalue weighted by atomic mass is 9.71. The lowest BCUT2D eigenvalue weighted by molar-refractivity contribution is -0.129. The molecule has 0 N–H and O–H groups in total. The molecule has 2 unspecified atom stereocenters.